The molecular weight excluding hydrogens is 454 g/mol. The number of aliphatic hydroxyl groups is 3. The Hall–Kier alpha value is -2.51. The fraction of sp³-hybridized carbons (Fsp3) is 0.474. The van der Waals surface area contributed by atoms with Gasteiger partial charge in [-0.25, -0.2) is 13.5 Å². The zero-order chi connectivity index (χ0) is 23.6. The maximum atomic E-state index is 15.3. The molecule has 7 atom stereocenters. The van der Waals surface area contributed by atoms with Crippen molar-refractivity contribution in [3.05, 3.63) is 35.5 Å². The van der Waals surface area contributed by atoms with Gasteiger partial charge in [-0.3, -0.25) is 9.59 Å². The van der Waals surface area contributed by atoms with Crippen LogP contribution in [0.5, 0.6) is 0 Å². The van der Waals surface area contributed by atoms with E-state index in [4.69, 9.17) is 21.4 Å². The quantitative estimate of drug-likeness (QED) is 0.409. The van der Waals surface area contributed by atoms with Gasteiger partial charge in [0.05, 0.1) is 23.9 Å². The minimum atomic E-state index is -3.54. The van der Waals surface area contributed by atoms with Crippen LogP contribution in [-0.2, 0) is 14.3 Å². The zero-order valence-corrected chi connectivity index (χ0v) is 17.4. The largest absolute Gasteiger partial charge is 0.394 e. The number of benzene rings is 1. The highest BCUT2D eigenvalue weighted by Gasteiger charge is 2.60. The Morgan fingerprint density at radius 1 is 1.44 bits per heavy atom. The zero-order valence-electron chi connectivity index (χ0n) is 16.7. The number of aromatic nitrogens is 3. The van der Waals surface area contributed by atoms with E-state index >= 15 is 8.78 Å². The van der Waals surface area contributed by atoms with Gasteiger partial charge in [-0.15, -0.1) is 5.10 Å². The number of ether oxygens (including phenoxy) is 1. The Bertz CT molecular complexity index is 981. The van der Waals surface area contributed by atoms with Crippen molar-refractivity contribution >= 4 is 23.8 Å². The molecule has 1 aliphatic heterocycles. The molecule has 2 aromatic rings. The molecule has 1 aromatic carbocycles. The molecular formula is C19H21ClF2N4O6. The van der Waals surface area contributed by atoms with E-state index in [1.54, 1.807) is 24.3 Å². The highest BCUT2D eigenvalue weighted by atomic mass is 35.5. The molecule has 0 bridgehead atoms. The fourth-order valence-corrected chi connectivity index (χ4v) is 3.81. The summed E-state index contributed by atoms with van der Waals surface area (Å²) in [7, 11) is 0. The van der Waals surface area contributed by atoms with Crippen molar-refractivity contribution in [2.75, 3.05) is 6.61 Å². The number of aliphatic hydroxyl groups excluding tert-OH is 3. The number of nitrogens with one attached hydrogen (secondary N) is 1. The number of nitrogens with zero attached hydrogens (tertiary/aromatic N) is 3. The lowest BCUT2D eigenvalue weighted by Crippen LogP contribution is -2.67. The minimum absolute atomic E-state index is 0.193. The van der Waals surface area contributed by atoms with E-state index < -0.39 is 61.2 Å². The Kier molecular flexibility index (Phi) is 7.20. The number of hydrogen-bond donors (Lipinski definition) is 4. The molecule has 2 unspecified atom stereocenters. The fourth-order valence-electron chi connectivity index (χ4n) is 3.57. The van der Waals surface area contributed by atoms with Crippen LogP contribution in [0, 0.1) is 0 Å². The number of carbonyl (C=O) groups is 2. The van der Waals surface area contributed by atoms with Gasteiger partial charge in [0.25, 0.3) is 5.85 Å². The van der Waals surface area contributed by atoms with Crippen molar-refractivity contribution in [3.63, 3.8) is 0 Å². The lowest BCUT2D eigenvalue weighted by molar-refractivity contribution is -0.268. The van der Waals surface area contributed by atoms with Gasteiger partial charge in [-0.05, 0) is 6.07 Å². The third-order valence-corrected chi connectivity index (χ3v) is 5.46. The minimum Gasteiger partial charge on any atom is -0.394 e. The molecule has 0 spiro atoms. The van der Waals surface area contributed by atoms with Gasteiger partial charge < -0.3 is 25.4 Å². The lowest BCUT2D eigenvalue weighted by atomic mass is 9.86. The summed E-state index contributed by atoms with van der Waals surface area (Å²) in [6.07, 6.45) is -7.54. The van der Waals surface area contributed by atoms with Crippen molar-refractivity contribution < 1.29 is 38.4 Å². The molecule has 0 saturated carbocycles. The highest BCUT2D eigenvalue weighted by Crippen LogP contribution is 2.40. The predicted octanol–water partition coefficient (Wildman–Crippen LogP) is -0.0400. The molecule has 13 heteroatoms. The van der Waals surface area contributed by atoms with E-state index in [0.29, 0.717) is 10.6 Å². The normalized spacial score (nSPS) is 29.8. The summed E-state index contributed by atoms with van der Waals surface area (Å²) in [6.45, 7) is 0.141. The summed E-state index contributed by atoms with van der Waals surface area (Å²) in [6, 6.07) is 3.33. The molecule has 0 aliphatic carbocycles. The molecule has 32 heavy (non-hydrogen) atoms. The molecule has 4 N–H and O–H groups in total. The van der Waals surface area contributed by atoms with E-state index in [2.05, 4.69) is 15.6 Å². The van der Waals surface area contributed by atoms with Crippen LogP contribution in [0.3, 0.4) is 0 Å². The average molecular weight is 475 g/mol. The van der Waals surface area contributed by atoms with Crippen molar-refractivity contribution in [1.82, 2.24) is 20.3 Å². The number of amides is 1. The Morgan fingerprint density at radius 2 is 2.12 bits per heavy atom. The lowest BCUT2D eigenvalue weighted by Gasteiger charge is -2.46. The summed E-state index contributed by atoms with van der Waals surface area (Å²) < 4.78 is 36.2. The van der Waals surface area contributed by atoms with Crippen LogP contribution in [0.25, 0.3) is 11.3 Å². The Balaban J connectivity index is 2.10. The topological polar surface area (TPSA) is 147 Å². The predicted molar refractivity (Wildman–Crippen MR) is 106 cm³/mol. The van der Waals surface area contributed by atoms with Crippen LogP contribution in [0.4, 0.5) is 8.78 Å². The second-order valence-electron chi connectivity index (χ2n) is 7.32. The first-order valence-corrected chi connectivity index (χ1v) is 9.88. The molecule has 3 rings (SSSR count). The van der Waals surface area contributed by atoms with E-state index in [9.17, 15) is 19.8 Å². The van der Waals surface area contributed by atoms with E-state index in [1.807, 2.05) is 0 Å². The van der Waals surface area contributed by atoms with Gasteiger partial charge in [0, 0.05) is 12.5 Å². The van der Waals surface area contributed by atoms with Gasteiger partial charge in [-0.2, -0.15) is 0 Å². The summed E-state index contributed by atoms with van der Waals surface area (Å²) in [5, 5.41) is 39.7. The van der Waals surface area contributed by atoms with Gasteiger partial charge in [-0.1, -0.05) is 35.0 Å². The van der Waals surface area contributed by atoms with Crippen LogP contribution in [0.2, 0.25) is 5.02 Å². The molecule has 1 saturated heterocycles. The Morgan fingerprint density at radius 3 is 2.72 bits per heavy atom. The van der Waals surface area contributed by atoms with Crippen LogP contribution in [0.1, 0.15) is 13.0 Å². The molecule has 1 amide bonds. The maximum Gasteiger partial charge on any atom is 0.299 e. The Labute approximate surface area is 185 Å². The molecule has 10 nitrogen and oxygen atoms in total. The molecule has 1 fully saturated rings. The van der Waals surface area contributed by atoms with E-state index in [1.165, 1.54) is 6.20 Å². The summed E-state index contributed by atoms with van der Waals surface area (Å²) >= 11 is 6.14. The SMILES string of the molecule is CC(=O)N[C@H]1[C@H]([C@H](O)[C@H](O)CO)OC(F)(C=O)C(F)[C@@H]1n1cc(-c2ccccc2Cl)nn1. The molecule has 174 valence electrons. The van der Waals surface area contributed by atoms with Gasteiger partial charge in [0.15, 0.2) is 12.5 Å². The number of halogens is 3. The average Bonchev–Trinajstić information content (AvgIpc) is 3.24. The van der Waals surface area contributed by atoms with Gasteiger partial charge in [0.1, 0.15) is 30.0 Å². The smallest absolute Gasteiger partial charge is 0.299 e. The number of aldehydes is 1. The second kappa shape index (κ2) is 9.55. The van der Waals surface area contributed by atoms with Crippen LogP contribution < -0.4 is 5.32 Å². The third-order valence-electron chi connectivity index (χ3n) is 5.13. The van der Waals surface area contributed by atoms with E-state index in [0.717, 1.165) is 11.6 Å². The van der Waals surface area contributed by atoms with Crippen molar-refractivity contribution in [3.8, 4) is 11.3 Å². The number of rotatable bonds is 7. The van der Waals surface area contributed by atoms with Crippen LogP contribution in [-0.4, -0.2) is 85.5 Å². The number of carbonyl (C=O) groups excluding carboxylic acids is 2. The van der Waals surface area contributed by atoms with E-state index in [-0.39, 0.29) is 5.69 Å². The first-order valence-electron chi connectivity index (χ1n) is 9.51. The maximum absolute atomic E-state index is 15.3. The van der Waals surface area contributed by atoms with Crippen molar-refractivity contribution in [2.45, 2.75) is 49.3 Å². The van der Waals surface area contributed by atoms with Crippen LogP contribution in [0.15, 0.2) is 30.5 Å². The second-order valence-corrected chi connectivity index (χ2v) is 7.73. The first kappa shape index (κ1) is 24.1. The summed E-state index contributed by atoms with van der Waals surface area (Å²) in [5.41, 5.74) is 0.632. The number of hydrogen-bond acceptors (Lipinski definition) is 8. The summed E-state index contributed by atoms with van der Waals surface area (Å²) in [4.78, 5) is 23.2. The standard InChI is InChI=1S/C19H21ClF2N4O6/c1-9(29)23-14-15(26-6-12(24-25-26)10-4-2-3-5-11(10)20)18(21)19(22,8-28)32-17(14)16(31)13(30)7-27/h2-6,8,13-18,27,30-31H,7H2,1H3,(H,23,29)/t13-,14-,15-,16-,17-,18?,19?/m1/s1. The van der Waals surface area contributed by atoms with Crippen molar-refractivity contribution in [2.24, 2.45) is 0 Å². The highest BCUT2D eigenvalue weighted by molar-refractivity contribution is 6.33. The van der Waals surface area contributed by atoms with Gasteiger partial charge in [0.2, 0.25) is 5.91 Å². The van der Waals surface area contributed by atoms with Gasteiger partial charge >= 0.3 is 0 Å². The first-order chi connectivity index (χ1) is 15.1. The number of alkyl halides is 2. The molecule has 1 aliphatic rings. The summed E-state index contributed by atoms with van der Waals surface area (Å²) in [5.74, 6) is -4.24. The molecule has 0 radical (unpaired) electrons. The molecule has 1 aromatic heterocycles. The van der Waals surface area contributed by atoms with Crippen LogP contribution >= 0.6 is 11.6 Å². The third kappa shape index (κ3) is 4.50. The molecule has 2 heterocycles. The monoisotopic (exact) mass is 474 g/mol. The van der Waals surface area contributed by atoms with Crippen molar-refractivity contribution in [1.29, 1.82) is 0 Å².